The van der Waals surface area contributed by atoms with Crippen molar-refractivity contribution in [1.82, 2.24) is 9.80 Å². The first kappa shape index (κ1) is 19.4. The first-order valence-corrected chi connectivity index (χ1v) is 10.7. The zero-order valence-corrected chi connectivity index (χ0v) is 17.5. The second-order valence-electron chi connectivity index (χ2n) is 7.98. The molecule has 4 nitrogen and oxygen atoms in total. The van der Waals surface area contributed by atoms with Crippen molar-refractivity contribution in [2.45, 2.75) is 13.0 Å². The molecule has 0 saturated carbocycles. The molecule has 154 valence electrons. The molecule has 0 N–H and O–H groups in total. The van der Waals surface area contributed by atoms with Crippen LogP contribution >= 0.6 is 0 Å². The molecule has 0 fully saturated rings. The molecule has 4 heteroatoms. The van der Waals surface area contributed by atoms with Gasteiger partial charge in [-0.15, -0.1) is 0 Å². The Morgan fingerprint density at radius 2 is 1.71 bits per heavy atom. The van der Waals surface area contributed by atoms with Gasteiger partial charge in [0.15, 0.2) is 5.76 Å². The molecule has 0 bridgehead atoms. The van der Waals surface area contributed by atoms with Gasteiger partial charge in [0.25, 0.3) is 0 Å². The van der Waals surface area contributed by atoms with Gasteiger partial charge in [-0.25, -0.2) is 4.99 Å². The Labute approximate surface area is 183 Å². The van der Waals surface area contributed by atoms with Gasteiger partial charge in [0.05, 0.1) is 12.9 Å². The molecule has 31 heavy (non-hydrogen) atoms. The van der Waals surface area contributed by atoms with E-state index in [4.69, 9.17) is 9.41 Å². The van der Waals surface area contributed by atoms with Gasteiger partial charge < -0.3 is 9.32 Å². The Morgan fingerprint density at radius 3 is 2.55 bits per heavy atom. The van der Waals surface area contributed by atoms with E-state index in [1.165, 1.54) is 16.8 Å². The number of hydrogen-bond acceptors (Lipinski definition) is 4. The van der Waals surface area contributed by atoms with Crippen LogP contribution in [0.25, 0.3) is 11.3 Å². The van der Waals surface area contributed by atoms with Crippen LogP contribution < -0.4 is 0 Å². The number of nitrogens with zero attached hydrogens (tertiary/aromatic N) is 3. The van der Waals surface area contributed by atoms with Crippen LogP contribution in [-0.4, -0.2) is 42.3 Å². The minimum Gasteiger partial charge on any atom is -0.448 e. The van der Waals surface area contributed by atoms with E-state index in [0.717, 1.165) is 50.5 Å². The smallest absolute Gasteiger partial charge is 0.177 e. The van der Waals surface area contributed by atoms with Gasteiger partial charge in [0.2, 0.25) is 0 Å². The van der Waals surface area contributed by atoms with E-state index in [0.29, 0.717) is 5.76 Å². The molecule has 0 unspecified atom stereocenters. The lowest BCUT2D eigenvalue weighted by atomic mass is 10.0. The van der Waals surface area contributed by atoms with Crippen LogP contribution in [0, 0.1) is 11.8 Å². The predicted molar refractivity (Wildman–Crippen MR) is 124 cm³/mol. The SMILES string of the molecule is C(#Cc1ccc(-c2ccccc2)o1)CN1CCC2=C(CN(Cc3ccccc3)C=N2)C1. The second kappa shape index (κ2) is 9.07. The predicted octanol–water partition coefficient (Wildman–Crippen LogP) is 4.80. The summed E-state index contributed by atoms with van der Waals surface area (Å²) in [5.74, 6) is 8.04. The first-order valence-electron chi connectivity index (χ1n) is 10.7. The maximum Gasteiger partial charge on any atom is 0.177 e. The second-order valence-corrected chi connectivity index (χ2v) is 7.98. The number of benzene rings is 2. The zero-order valence-electron chi connectivity index (χ0n) is 17.5. The fraction of sp³-hybridized carbons (Fsp3) is 0.222. The lowest BCUT2D eigenvalue weighted by Gasteiger charge is -2.33. The van der Waals surface area contributed by atoms with Crippen molar-refractivity contribution in [1.29, 1.82) is 0 Å². The van der Waals surface area contributed by atoms with E-state index >= 15 is 0 Å². The Bertz CT molecular complexity index is 1150. The average molecular weight is 408 g/mol. The van der Waals surface area contributed by atoms with Crippen LogP contribution in [0.1, 0.15) is 17.7 Å². The summed E-state index contributed by atoms with van der Waals surface area (Å²) in [6.07, 6.45) is 2.99. The van der Waals surface area contributed by atoms with Gasteiger partial charge in [-0.1, -0.05) is 66.6 Å². The lowest BCUT2D eigenvalue weighted by Crippen LogP contribution is -2.38. The summed E-state index contributed by atoms with van der Waals surface area (Å²) in [7, 11) is 0. The Kier molecular flexibility index (Phi) is 5.68. The molecule has 1 aromatic heterocycles. The fourth-order valence-electron chi connectivity index (χ4n) is 4.07. The fourth-order valence-corrected chi connectivity index (χ4v) is 4.07. The highest BCUT2D eigenvalue weighted by molar-refractivity contribution is 5.60. The van der Waals surface area contributed by atoms with Crippen LogP contribution in [0.4, 0.5) is 0 Å². The van der Waals surface area contributed by atoms with Crippen molar-refractivity contribution in [2.75, 3.05) is 26.2 Å². The van der Waals surface area contributed by atoms with E-state index < -0.39 is 0 Å². The van der Waals surface area contributed by atoms with Crippen molar-refractivity contribution >= 4 is 6.34 Å². The molecule has 0 spiro atoms. The maximum atomic E-state index is 5.89. The molecule has 2 aromatic carbocycles. The van der Waals surface area contributed by atoms with Crippen LogP contribution in [0.15, 0.2) is 93.5 Å². The van der Waals surface area contributed by atoms with Gasteiger partial charge in [0.1, 0.15) is 5.76 Å². The van der Waals surface area contributed by atoms with E-state index in [2.05, 4.69) is 52.0 Å². The quantitative estimate of drug-likeness (QED) is 0.582. The minimum absolute atomic E-state index is 0.715. The van der Waals surface area contributed by atoms with Crippen molar-refractivity contribution in [3.63, 3.8) is 0 Å². The summed E-state index contributed by atoms with van der Waals surface area (Å²) in [5.41, 5.74) is 5.05. The van der Waals surface area contributed by atoms with Crippen LogP contribution in [0.5, 0.6) is 0 Å². The first-order chi connectivity index (χ1) is 15.3. The summed E-state index contributed by atoms with van der Waals surface area (Å²) in [4.78, 5) is 9.41. The molecule has 2 aliphatic heterocycles. The normalized spacial score (nSPS) is 16.1. The standard InChI is InChI=1S/C27H25N3O/c1-3-8-22(9-4-1)18-30-20-24-19-29(17-15-26(24)28-21-30)16-7-12-25-13-14-27(31-25)23-10-5-2-6-11-23/h1-6,8-11,13-14,21H,15-20H2. The Balaban J connectivity index is 1.17. The van der Waals surface area contributed by atoms with Gasteiger partial charge >= 0.3 is 0 Å². The summed E-state index contributed by atoms with van der Waals surface area (Å²) >= 11 is 0. The van der Waals surface area contributed by atoms with Gasteiger partial charge in [0, 0.05) is 43.9 Å². The average Bonchev–Trinajstić information content (AvgIpc) is 3.29. The molecule has 0 amide bonds. The number of rotatable bonds is 4. The van der Waals surface area contributed by atoms with Crippen LogP contribution in [-0.2, 0) is 6.54 Å². The number of aliphatic imine (C=N–C) groups is 1. The molecular weight excluding hydrogens is 382 g/mol. The molecule has 2 aliphatic rings. The monoisotopic (exact) mass is 407 g/mol. The number of hydrogen-bond donors (Lipinski definition) is 0. The van der Waals surface area contributed by atoms with Crippen LogP contribution in [0.3, 0.4) is 0 Å². The highest BCUT2D eigenvalue weighted by atomic mass is 16.3. The van der Waals surface area contributed by atoms with Crippen molar-refractivity contribution in [3.05, 3.63) is 95.4 Å². The molecule has 3 aromatic rings. The largest absolute Gasteiger partial charge is 0.448 e. The molecule has 5 rings (SSSR count). The molecule has 0 saturated heterocycles. The molecule has 0 aliphatic carbocycles. The molecule has 3 heterocycles. The third kappa shape index (κ3) is 4.79. The molecule has 0 atom stereocenters. The minimum atomic E-state index is 0.715. The van der Waals surface area contributed by atoms with E-state index in [-0.39, 0.29) is 0 Å². The van der Waals surface area contributed by atoms with Crippen molar-refractivity contribution in [3.8, 4) is 23.2 Å². The maximum absolute atomic E-state index is 5.89. The topological polar surface area (TPSA) is 32.0 Å². The third-order valence-electron chi connectivity index (χ3n) is 5.67. The van der Waals surface area contributed by atoms with E-state index in [9.17, 15) is 0 Å². The Hall–Kier alpha value is -3.55. The van der Waals surface area contributed by atoms with E-state index in [1.807, 2.05) is 48.8 Å². The van der Waals surface area contributed by atoms with Crippen molar-refractivity contribution in [2.24, 2.45) is 4.99 Å². The summed E-state index contributed by atoms with van der Waals surface area (Å²) in [6.45, 7) is 4.50. The Morgan fingerprint density at radius 1 is 0.903 bits per heavy atom. The highest BCUT2D eigenvalue weighted by Crippen LogP contribution is 2.24. The number of furan rings is 1. The van der Waals surface area contributed by atoms with Gasteiger partial charge in [-0.05, 0) is 29.2 Å². The zero-order chi connectivity index (χ0) is 20.9. The van der Waals surface area contributed by atoms with Gasteiger partial charge in [-0.2, -0.15) is 0 Å². The third-order valence-corrected chi connectivity index (χ3v) is 5.67. The summed E-state index contributed by atoms with van der Waals surface area (Å²) in [5, 5.41) is 0. The van der Waals surface area contributed by atoms with Crippen LogP contribution in [0.2, 0.25) is 0 Å². The lowest BCUT2D eigenvalue weighted by molar-refractivity contribution is 0.300. The summed E-state index contributed by atoms with van der Waals surface area (Å²) < 4.78 is 5.89. The molecular formula is C27H25N3O. The van der Waals surface area contributed by atoms with Crippen molar-refractivity contribution < 1.29 is 4.42 Å². The summed E-state index contributed by atoms with van der Waals surface area (Å²) in [6, 6.07) is 24.6. The van der Waals surface area contributed by atoms with E-state index in [1.54, 1.807) is 0 Å². The highest BCUT2D eigenvalue weighted by Gasteiger charge is 2.22. The van der Waals surface area contributed by atoms with Gasteiger partial charge in [-0.3, -0.25) is 4.90 Å². The molecule has 0 radical (unpaired) electrons.